The van der Waals surface area contributed by atoms with Gasteiger partial charge in [-0.2, -0.15) is 0 Å². The van der Waals surface area contributed by atoms with Crippen molar-refractivity contribution in [2.75, 3.05) is 43.6 Å². The number of ether oxygens (including phenoxy) is 3. The molecule has 0 aliphatic heterocycles. The Balaban J connectivity index is 0.000000244. The molecule has 0 heterocycles. The molecule has 6 aromatic rings. The molecule has 1 amide bonds. The predicted molar refractivity (Wildman–Crippen MR) is 297 cm³/mol. The van der Waals surface area contributed by atoms with Crippen molar-refractivity contribution in [3.8, 4) is 17.2 Å². The van der Waals surface area contributed by atoms with Crippen LogP contribution in [0.4, 0.5) is 25.8 Å². The number of rotatable bonds is 20. The number of carboxylic acids is 3. The Morgan fingerprint density at radius 2 is 1.00 bits per heavy atom. The Morgan fingerprint density at radius 1 is 0.560 bits per heavy atom. The first-order valence-corrected chi connectivity index (χ1v) is 25.6. The first-order chi connectivity index (χ1) is 35.5. The first-order valence-electron chi connectivity index (χ1n) is 22.1. The van der Waals surface area contributed by atoms with E-state index in [0.717, 1.165) is 22.4 Å². The van der Waals surface area contributed by atoms with E-state index in [2.05, 4.69) is 53.1 Å². The standard InChI is InChI=1S/C18H17Br2FN2O4.C18H18Cl2FNO3.C16H14Cl3NO3/c1-9-3-11(16(21)14(4-9)22-2)8-27-17-12(19)5-10(6-13(17)20)18(26)23-7-15(24)25;1-10-5-12(17(21)15(6-10)22-2)9-25-18-13(19)7-11(8-14(18)20)3-4-16(23)24;1-20-13-4-2-3-10(15(13)19)8-23-16-11(17)5-9(6-12(16)18)7-14(21)22/h3-6,22H,7-8H2,1-2H3,(H,23,26)(H,24,25);5-8,22H,3-4,9H2,1-2H3,(H,23,24);2-6,20H,7-8H2,1H3,(H,21,22). The molecule has 23 heteroatoms. The molecule has 0 bridgehead atoms. The number of halogens is 9. The number of hydrogen-bond donors (Lipinski definition) is 7. The van der Waals surface area contributed by atoms with Gasteiger partial charge < -0.3 is 50.8 Å². The van der Waals surface area contributed by atoms with Gasteiger partial charge in [-0.05, 0) is 141 Å². The van der Waals surface area contributed by atoms with Gasteiger partial charge in [-0.1, -0.05) is 70.1 Å². The van der Waals surface area contributed by atoms with Crippen LogP contribution in [0.3, 0.4) is 0 Å². The van der Waals surface area contributed by atoms with E-state index in [1.54, 1.807) is 57.5 Å². The monoisotopic (exact) mass is 1260 g/mol. The van der Waals surface area contributed by atoms with Crippen LogP contribution in [0.2, 0.25) is 25.1 Å². The lowest BCUT2D eigenvalue weighted by molar-refractivity contribution is -0.137. The molecule has 400 valence electrons. The number of aryl methyl sites for hydroxylation is 3. The third-order valence-electron chi connectivity index (χ3n) is 10.3. The summed E-state index contributed by atoms with van der Waals surface area (Å²) in [4.78, 5) is 43.9. The van der Waals surface area contributed by atoms with Gasteiger partial charge in [-0.15, -0.1) is 0 Å². The molecule has 0 saturated heterocycles. The lowest BCUT2D eigenvalue weighted by Crippen LogP contribution is -2.29. The highest BCUT2D eigenvalue weighted by Crippen LogP contribution is 2.39. The van der Waals surface area contributed by atoms with Crippen LogP contribution in [0.15, 0.2) is 87.8 Å². The van der Waals surface area contributed by atoms with Gasteiger partial charge in [0.25, 0.3) is 5.91 Å². The quantitative estimate of drug-likeness (QED) is 0.0381. The largest absolute Gasteiger partial charge is 0.486 e. The minimum Gasteiger partial charge on any atom is -0.486 e. The normalized spacial score (nSPS) is 10.5. The lowest BCUT2D eigenvalue weighted by atomic mass is 10.1. The summed E-state index contributed by atoms with van der Waals surface area (Å²) in [7, 11) is 5.07. The molecule has 75 heavy (non-hydrogen) atoms. The van der Waals surface area contributed by atoms with Crippen LogP contribution in [-0.4, -0.2) is 66.8 Å². The van der Waals surface area contributed by atoms with Crippen LogP contribution in [0.5, 0.6) is 17.2 Å². The fourth-order valence-corrected chi connectivity index (χ4v) is 9.83. The number of benzene rings is 6. The Labute approximate surface area is 473 Å². The van der Waals surface area contributed by atoms with Crippen molar-refractivity contribution in [2.45, 2.75) is 52.9 Å². The molecular formula is C52H49Br2Cl5F2N4O10. The minimum absolute atomic E-state index is 0.00997. The van der Waals surface area contributed by atoms with E-state index in [-0.39, 0.29) is 69.9 Å². The van der Waals surface area contributed by atoms with Crippen molar-refractivity contribution >= 4 is 131 Å². The predicted octanol–water partition coefficient (Wildman–Crippen LogP) is 14.1. The maximum Gasteiger partial charge on any atom is 0.322 e. The maximum atomic E-state index is 14.4. The molecular weight excluding hydrogens is 1220 g/mol. The van der Waals surface area contributed by atoms with Crippen molar-refractivity contribution in [3.05, 3.63) is 169 Å². The second kappa shape index (κ2) is 29.5. The fraction of sp³-hybridized carbons (Fsp3) is 0.231. The van der Waals surface area contributed by atoms with Crippen molar-refractivity contribution < 1.29 is 57.5 Å². The fourth-order valence-electron chi connectivity index (χ4n) is 6.86. The number of nitrogens with one attached hydrogen (secondary N) is 4. The van der Waals surface area contributed by atoms with Crippen LogP contribution in [0.25, 0.3) is 0 Å². The number of carbonyl (C=O) groups excluding carboxylic acids is 1. The Kier molecular flexibility index (Phi) is 24.3. The lowest BCUT2D eigenvalue weighted by Gasteiger charge is -2.14. The summed E-state index contributed by atoms with van der Waals surface area (Å²) in [6.07, 6.45) is 0.136. The molecule has 0 aromatic heterocycles. The summed E-state index contributed by atoms with van der Waals surface area (Å²) in [5.74, 6) is -3.36. The zero-order valence-corrected chi connectivity index (χ0v) is 47.5. The van der Waals surface area contributed by atoms with Crippen molar-refractivity contribution in [1.29, 1.82) is 0 Å². The van der Waals surface area contributed by atoms with Crippen LogP contribution < -0.4 is 35.5 Å². The topological polar surface area (TPSA) is 205 Å². The van der Waals surface area contributed by atoms with Gasteiger partial charge in [-0.3, -0.25) is 19.2 Å². The highest BCUT2D eigenvalue weighted by molar-refractivity contribution is 9.11. The number of aliphatic carboxylic acids is 3. The van der Waals surface area contributed by atoms with Crippen molar-refractivity contribution in [3.63, 3.8) is 0 Å². The molecule has 6 rings (SSSR count). The zero-order valence-electron chi connectivity index (χ0n) is 40.6. The molecule has 0 saturated carbocycles. The maximum absolute atomic E-state index is 14.4. The van der Waals surface area contributed by atoms with Crippen LogP contribution in [-0.2, 0) is 47.0 Å². The first kappa shape index (κ1) is 61.8. The second-order valence-electron chi connectivity index (χ2n) is 16.1. The molecule has 0 atom stereocenters. The highest BCUT2D eigenvalue weighted by atomic mass is 79.9. The SMILES string of the molecule is CNc1cc(C)cc(COc2c(Br)cc(C(=O)NCC(=O)O)cc2Br)c1F.CNc1cc(C)cc(COc2c(Cl)cc(CCC(=O)O)cc2Cl)c1F.CNc1cccc(COc2c(Cl)cc(CC(=O)O)cc2Cl)c1Cl. The Bertz CT molecular complexity index is 3000. The molecule has 0 aliphatic rings. The van der Waals surface area contributed by atoms with Gasteiger partial charge in [0.15, 0.2) is 23.1 Å². The van der Waals surface area contributed by atoms with Gasteiger partial charge >= 0.3 is 17.9 Å². The van der Waals surface area contributed by atoms with E-state index in [4.69, 9.17) is 87.5 Å². The summed E-state index contributed by atoms with van der Waals surface area (Å²) in [5.41, 5.74) is 6.36. The third-order valence-corrected chi connectivity index (χ3v) is 13.1. The van der Waals surface area contributed by atoms with Gasteiger partial charge in [0.1, 0.15) is 32.1 Å². The van der Waals surface area contributed by atoms with E-state index in [1.165, 1.54) is 24.3 Å². The number of anilines is 3. The third kappa shape index (κ3) is 18.5. The second-order valence-corrected chi connectivity index (χ2v) is 19.8. The summed E-state index contributed by atoms with van der Waals surface area (Å²) in [6.45, 7) is 3.39. The van der Waals surface area contributed by atoms with Crippen LogP contribution in [0.1, 0.15) is 55.7 Å². The summed E-state index contributed by atoms with van der Waals surface area (Å²) in [5, 5.41) is 38.6. The van der Waals surface area contributed by atoms with Crippen molar-refractivity contribution in [1.82, 2.24) is 5.32 Å². The van der Waals surface area contributed by atoms with Gasteiger partial charge in [0.05, 0.1) is 57.5 Å². The smallest absolute Gasteiger partial charge is 0.322 e. The van der Waals surface area contributed by atoms with E-state index >= 15 is 0 Å². The molecule has 0 spiro atoms. The number of carbonyl (C=O) groups is 4. The van der Waals surface area contributed by atoms with Gasteiger partial charge in [0.2, 0.25) is 0 Å². The highest BCUT2D eigenvalue weighted by Gasteiger charge is 2.19. The molecule has 0 fully saturated rings. The molecule has 7 N–H and O–H groups in total. The summed E-state index contributed by atoms with van der Waals surface area (Å²) < 4.78 is 46.7. The van der Waals surface area contributed by atoms with E-state index in [1.807, 2.05) is 32.0 Å². The summed E-state index contributed by atoms with van der Waals surface area (Å²) >= 11 is 37.5. The zero-order chi connectivity index (χ0) is 55.7. The van der Waals surface area contributed by atoms with Crippen molar-refractivity contribution in [2.24, 2.45) is 0 Å². The molecule has 14 nitrogen and oxygen atoms in total. The molecule has 0 radical (unpaired) electrons. The number of hydrogen-bond acceptors (Lipinski definition) is 10. The average molecular weight is 1270 g/mol. The molecule has 0 unspecified atom stereocenters. The van der Waals surface area contributed by atoms with Gasteiger partial charge in [-0.25, -0.2) is 8.78 Å². The van der Waals surface area contributed by atoms with E-state index in [9.17, 15) is 28.0 Å². The van der Waals surface area contributed by atoms with Crippen LogP contribution >= 0.6 is 89.9 Å². The Hall–Kier alpha value is -5.73. The van der Waals surface area contributed by atoms with E-state index in [0.29, 0.717) is 65.5 Å². The van der Waals surface area contributed by atoms with E-state index < -0.39 is 36.2 Å². The minimum atomic E-state index is -1.14. The number of carboxylic acid groups (broad SMARTS) is 3. The molecule has 6 aromatic carbocycles. The number of amides is 1. The average Bonchev–Trinajstić information content (AvgIpc) is 3.34. The van der Waals surface area contributed by atoms with Crippen LogP contribution in [0, 0.1) is 25.5 Å². The Morgan fingerprint density at radius 3 is 1.43 bits per heavy atom. The summed E-state index contributed by atoms with van der Waals surface area (Å²) in [6, 6.07) is 21.6. The van der Waals surface area contributed by atoms with Gasteiger partial charge in [0, 0.05) is 49.8 Å². The molecule has 0 aliphatic carbocycles.